The summed E-state index contributed by atoms with van der Waals surface area (Å²) in [5.41, 5.74) is 0.641. The van der Waals surface area contributed by atoms with Gasteiger partial charge in [0.15, 0.2) is 0 Å². The Kier molecular flexibility index (Phi) is 4.19. The van der Waals surface area contributed by atoms with Gasteiger partial charge in [-0.15, -0.1) is 0 Å². The van der Waals surface area contributed by atoms with Crippen LogP contribution in [0, 0.1) is 5.82 Å². The van der Waals surface area contributed by atoms with Crippen molar-refractivity contribution < 1.29 is 8.81 Å². The number of furan rings is 1. The van der Waals surface area contributed by atoms with Gasteiger partial charge in [-0.3, -0.25) is 0 Å². The third-order valence-electron chi connectivity index (χ3n) is 2.89. The fourth-order valence-corrected chi connectivity index (χ4v) is 2.31. The first-order valence-electron chi connectivity index (χ1n) is 5.82. The zero-order valence-electron chi connectivity index (χ0n) is 10.3. The molecule has 0 spiro atoms. The zero-order chi connectivity index (χ0) is 13.1. The molecule has 2 aromatic rings. The predicted octanol–water partition coefficient (Wildman–Crippen LogP) is 4.59. The van der Waals surface area contributed by atoms with Gasteiger partial charge < -0.3 is 9.73 Å². The highest BCUT2D eigenvalue weighted by Gasteiger charge is 2.16. The van der Waals surface area contributed by atoms with Crippen molar-refractivity contribution in [3.8, 4) is 0 Å². The highest BCUT2D eigenvalue weighted by Crippen LogP contribution is 2.24. The molecule has 0 fully saturated rings. The molecule has 1 unspecified atom stereocenters. The van der Waals surface area contributed by atoms with Crippen LogP contribution in [0.4, 0.5) is 4.39 Å². The zero-order valence-corrected chi connectivity index (χ0v) is 11.9. The van der Waals surface area contributed by atoms with Crippen molar-refractivity contribution in [1.29, 1.82) is 0 Å². The van der Waals surface area contributed by atoms with Gasteiger partial charge in [-0.2, -0.15) is 0 Å². The maximum absolute atomic E-state index is 13.7. The van der Waals surface area contributed by atoms with Crippen LogP contribution in [0.25, 0.3) is 0 Å². The molecule has 1 N–H and O–H groups in total. The van der Waals surface area contributed by atoms with Gasteiger partial charge in [-0.25, -0.2) is 4.39 Å². The first-order valence-corrected chi connectivity index (χ1v) is 6.61. The second kappa shape index (κ2) is 5.67. The van der Waals surface area contributed by atoms with Crippen LogP contribution in [0.2, 0.25) is 0 Å². The van der Waals surface area contributed by atoms with Crippen LogP contribution in [-0.4, -0.2) is 0 Å². The molecule has 18 heavy (non-hydrogen) atoms. The minimum Gasteiger partial charge on any atom is -0.468 e. The molecule has 0 radical (unpaired) electrons. The number of nitrogens with one attached hydrogen (secondary N) is 1. The molecule has 0 aliphatic rings. The number of hydrogen-bond donors (Lipinski definition) is 1. The van der Waals surface area contributed by atoms with Crippen LogP contribution in [0.15, 0.2) is 45.5 Å². The fourth-order valence-electron chi connectivity index (χ4n) is 1.93. The fraction of sp³-hybridized carbons (Fsp3) is 0.286. The minimum absolute atomic E-state index is 0.0355. The molecule has 0 aliphatic heterocycles. The van der Waals surface area contributed by atoms with Crippen LogP contribution in [0.3, 0.4) is 0 Å². The summed E-state index contributed by atoms with van der Waals surface area (Å²) in [6.07, 6.45) is 1.64. The van der Waals surface area contributed by atoms with Gasteiger partial charge in [0.25, 0.3) is 0 Å². The first-order chi connectivity index (χ1) is 8.58. The molecule has 96 valence electrons. The van der Waals surface area contributed by atoms with E-state index >= 15 is 0 Å². The van der Waals surface area contributed by atoms with Gasteiger partial charge in [0.2, 0.25) is 0 Å². The lowest BCUT2D eigenvalue weighted by atomic mass is 10.1. The van der Waals surface area contributed by atoms with Gasteiger partial charge in [0, 0.05) is 16.1 Å². The summed E-state index contributed by atoms with van der Waals surface area (Å²) in [6.45, 7) is 3.93. The van der Waals surface area contributed by atoms with Gasteiger partial charge in [0.1, 0.15) is 11.6 Å². The van der Waals surface area contributed by atoms with Crippen molar-refractivity contribution in [2.75, 3.05) is 0 Å². The lowest BCUT2D eigenvalue weighted by Crippen LogP contribution is -2.22. The Hall–Kier alpha value is -1.13. The molecular weight excluding hydrogens is 297 g/mol. The lowest BCUT2D eigenvalue weighted by molar-refractivity contribution is 0.397. The molecule has 0 saturated carbocycles. The molecular formula is C14H15BrFNO. The van der Waals surface area contributed by atoms with Gasteiger partial charge in [0.05, 0.1) is 12.3 Å². The quantitative estimate of drug-likeness (QED) is 0.893. The van der Waals surface area contributed by atoms with Crippen LogP contribution in [0.5, 0.6) is 0 Å². The van der Waals surface area contributed by atoms with Gasteiger partial charge in [-0.1, -0.05) is 15.9 Å². The molecule has 0 amide bonds. The van der Waals surface area contributed by atoms with E-state index in [1.165, 1.54) is 6.07 Å². The van der Waals surface area contributed by atoms with E-state index in [1.807, 2.05) is 26.0 Å². The van der Waals surface area contributed by atoms with Crippen LogP contribution in [0.1, 0.15) is 37.3 Å². The van der Waals surface area contributed by atoms with Crippen molar-refractivity contribution in [2.45, 2.75) is 25.9 Å². The molecule has 1 aromatic carbocycles. The van der Waals surface area contributed by atoms with E-state index in [2.05, 4.69) is 21.2 Å². The lowest BCUT2D eigenvalue weighted by Gasteiger charge is -2.19. The van der Waals surface area contributed by atoms with Gasteiger partial charge >= 0.3 is 0 Å². The van der Waals surface area contributed by atoms with Crippen LogP contribution < -0.4 is 5.32 Å². The first kappa shape index (κ1) is 13.3. The smallest absolute Gasteiger partial charge is 0.128 e. The third-order valence-corrected chi connectivity index (χ3v) is 3.39. The molecule has 4 heteroatoms. The van der Waals surface area contributed by atoms with E-state index in [4.69, 9.17) is 4.42 Å². The third kappa shape index (κ3) is 3.00. The molecule has 2 rings (SSSR count). The summed E-state index contributed by atoms with van der Waals surface area (Å²) in [5.74, 6) is 0.641. The second-order valence-electron chi connectivity index (χ2n) is 4.29. The Morgan fingerprint density at radius 3 is 2.67 bits per heavy atom. The van der Waals surface area contributed by atoms with E-state index in [0.29, 0.717) is 5.56 Å². The van der Waals surface area contributed by atoms with Crippen molar-refractivity contribution in [1.82, 2.24) is 5.32 Å². The summed E-state index contributed by atoms with van der Waals surface area (Å²) in [5, 5.41) is 3.31. The summed E-state index contributed by atoms with van der Waals surface area (Å²) in [6, 6.07) is 8.65. The number of halogens is 2. The number of rotatable bonds is 4. The molecule has 2 nitrogen and oxygen atoms in total. The Morgan fingerprint density at radius 1 is 1.22 bits per heavy atom. The monoisotopic (exact) mass is 311 g/mol. The summed E-state index contributed by atoms with van der Waals surface area (Å²) < 4.78 is 19.9. The summed E-state index contributed by atoms with van der Waals surface area (Å²) in [7, 11) is 0. The Morgan fingerprint density at radius 2 is 2.00 bits per heavy atom. The van der Waals surface area contributed by atoms with Crippen LogP contribution in [-0.2, 0) is 0 Å². The average Bonchev–Trinajstić information content (AvgIpc) is 2.85. The Bertz CT molecular complexity index is 513. The molecule has 0 bridgehead atoms. The van der Waals surface area contributed by atoms with E-state index in [-0.39, 0.29) is 17.9 Å². The highest BCUT2D eigenvalue weighted by atomic mass is 79.9. The van der Waals surface area contributed by atoms with Crippen molar-refractivity contribution >= 4 is 15.9 Å². The topological polar surface area (TPSA) is 25.2 Å². The van der Waals surface area contributed by atoms with Crippen LogP contribution >= 0.6 is 15.9 Å². The normalized spacial score (nSPS) is 14.4. The molecule has 0 saturated heterocycles. The molecule has 2 atom stereocenters. The number of hydrogen-bond acceptors (Lipinski definition) is 2. The SMILES string of the molecule is CC(N[C@@H](C)c1ccco1)c1cc(Br)ccc1F. The van der Waals surface area contributed by atoms with Gasteiger partial charge in [-0.05, 0) is 44.2 Å². The van der Waals surface area contributed by atoms with E-state index in [9.17, 15) is 4.39 Å². The molecule has 1 heterocycles. The highest BCUT2D eigenvalue weighted by molar-refractivity contribution is 9.10. The van der Waals surface area contributed by atoms with E-state index in [0.717, 1.165) is 10.2 Å². The van der Waals surface area contributed by atoms with Crippen molar-refractivity contribution in [3.63, 3.8) is 0 Å². The van der Waals surface area contributed by atoms with Crippen molar-refractivity contribution in [2.24, 2.45) is 0 Å². The average molecular weight is 312 g/mol. The van der Waals surface area contributed by atoms with Crippen molar-refractivity contribution in [3.05, 3.63) is 58.2 Å². The summed E-state index contributed by atoms with van der Waals surface area (Å²) in [4.78, 5) is 0. The molecule has 0 aliphatic carbocycles. The predicted molar refractivity (Wildman–Crippen MR) is 72.8 cm³/mol. The minimum atomic E-state index is -0.204. The largest absolute Gasteiger partial charge is 0.468 e. The molecule has 1 aromatic heterocycles. The Labute approximate surface area is 114 Å². The van der Waals surface area contributed by atoms with E-state index in [1.54, 1.807) is 18.4 Å². The summed E-state index contributed by atoms with van der Waals surface area (Å²) >= 11 is 3.36. The second-order valence-corrected chi connectivity index (χ2v) is 5.21. The maximum Gasteiger partial charge on any atom is 0.128 e. The number of benzene rings is 1. The maximum atomic E-state index is 13.7. The van der Waals surface area contributed by atoms with E-state index < -0.39 is 0 Å². The Balaban J connectivity index is 2.12. The standard InChI is InChI=1S/C14H15BrFNO/c1-9(12-8-11(15)5-6-13(12)16)17-10(2)14-4-3-7-18-14/h3-10,17H,1-2H3/t9?,10-/m0/s1.